The summed E-state index contributed by atoms with van der Waals surface area (Å²) in [5.41, 5.74) is 5.57. The summed E-state index contributed by atoms with van der Waals surface area (Å²) in [7, 11) is 0. The van der Waals surface area contributed by atoms with Crippen LogP contribution in [-0.2, 0) is 6.42 Å². The molecule has 0 saturated heterocycles. The molecule has 6 heteroatoms. The summed E-state index contributed by atoms with van der Waals surface area (Å²) in [6.07, 6.45) is -4.57. The first-order valence-electron chi connectivity index (χ1n) is 4.06. The van der Waals surface area contributed by atoms with E-state index in [-0.39, 0.29) is 6.42 Å². The summed E-state index contributed by atoms with van der Waals surface area (Å²) in [6.45, 7) is 0. The maximum atomic E-state index is 12.2. The van der Waals surface area contributed by atoms with Gasteiger partial charge in [-0.3, -0.25) is 0 Å². The van der Waals surface area contributed by atoms with Gasteiger partial charge in [0.05, 0.1) is 0 Å². The van der Waals surface area contributed by atoms with E-state index in [4.69, 9.17) is 5.73 Å². The van der Waals surface area contributed by atoms with Crippen molar-refractivity contribution in [3.63, 3.8) is 0 Å². The van der Waals surface area contributed by atoms with Crippen LogP contribution in [0.4, 0.5) is 13.2 Å². The minimum absolute atomic E-state index is 0.221. The molecule has 0 aromatic heterocycles. The Labute approximate surface area is 102 Å². The number of nitrogens with two attached hydrogens (primary N) is 1. The molecular formula is C9H8Br2F3N. The van der Waals surface area contributed by atoms with E-state index < -0.39 is 12.2 Å². The monoisotopic (exact) mass is 345 g/mol. The van der Waals surface area contributed by atoms with Gasteiger partial charge in [-0.15, -0.1) is 0 Å². The fraction of sp³-hybridized carbons (Fsp3) is 0.333. The van der Waals surface area contributed by atoms with Crippen LogP contribution in [-0.4, -0.2) is 12.2 Å². The minimum atomic E-state index is -4.35. The lowest BCUT2D eigenvalue weighted by atomic mass is 10.1. The molecule has 1 aromatic carbocycles. The maximum Gasteiger partial charge on any atom is 0.403 e. The van der Waals surface area contributed by atoms with E-state index in [1.165, 1.54) is 0 Å². The van der Waals surface area contributed by atoms with Crippen LogP contribution in [0.5, 0.6) is 0 Å². The topological polar surface area (TPSA) is 26.0 Å². The van der Waals surface area contributed by atoms with Gasteiger partial charge in [-0.1, -0.05) is 31.9 Å². The highest BCUT2D eigenvalue weighted by molar-refractivity contribution is 9.11. The molecule has 15 heavy (non-hydrogen) atoms. The first-order chi connectivity index (χ1) is 6.79. The highest BCUT2D eigenvalue weighted by Crippen LogP contribution is 2.25. The number of benzene rings is 1. The van der Waals surface area contributed by atoms with Crippen molar-refractivity contribution in [1.29, 1.82) is 0 Å². The summed E-state index contributed by atoms with van der Waals surface area (Å²) in [5.74, 6) is 0. The molecule has 1 atom stereocenters. The van der Waals surface area contributed by atoms with Gasteiger partial charge in [-0.2, -0.15) is 13.2 Å². The molecule has 0 heterocycles. The maximum absolute atomic E-state index is 12.2. The molecule has 1 aromatic rings. The molecule has 84 valence electrons. The molecule has 0 spiro atoms. The van der Waals surface area contributed by atoms with Crippen molar-refractivity contribution in [2.24, 2.45) is 5.73 Å². The largest absolute Gasteiger partial charge is 0.403 e. The van der Waals surface area contributed by atoms with Crippen molar-refractivity contribution in [2.75, 3.05) is 0 Å². The average molecular weight is 347 g/mol. The molecule has 1 rings (SSSR count). The first kappa shape index (κ1) is 13.0. The molecule has 0 aliphatic rings. The van der Waals surface area contributed by atoms with E-state index in [1.54, 1.807) is 18.2 Å². The quantitative estimate of drug-likeness (QED) is 0.869. The zero-order valence-corrected chi connectivity index (χ0v) is 10.7. The molecular weight excluding hydrogens is 339 g/mol. The van der Waals surface area contributed by atoms with Gasteiger partial charge in [0.25, 0.3) is 0 Å². The van der Waals surface area contributed by atoms with Gasteiger partial charge < -0.3 is 5.73 Å². The van der Waals surface area contributed by atoms with E-state index in [2.05, 4.69) is 31.9 Å². The Kier molecular flexibility index (Phi) is 4.20. The van der Waals surface area contributed by atoms with E-state index >= 15 is 0 Å². The van der Waals surface area contributed by atoms with Crippen molar-refractivity contribution in [1.82, 2.24) is 0 Å². The molecule has 2 N–H and O–H groups in total. The molecule has 1 nitrogen and oxygen atoms in total. The molecule has 0 amide bonds. The normalized spacial score (nSPS) is 14.0. The second-order valence-corrected chi connectivity index (χ2v) is 4.96. The lowest BCUT2D eigenvalue weighted by Crippen LogP contribution is -2.39. The lowest BCUT2D eigenvalue weighted by Gasteiger charge is -2.15. The second-order valence-electron chi connectivity index (χ2n) is 3.13. The standard InChI is InChI=1S/C9H8Br2F3N/c10-6-1-5(2-7(11)4-6)3-8(15)9(12,13)14/h1-2,4,8H,3,15H2. The fourth-order valence-corrected chi connectivity index (χ4v) is 2.49. The van der Waals surface area contributed by atoms with Crippen LogP contribution in [0.15, 0.2) is 27.1 Å². The lowest BCUT2D eigenvalue weighted by molar-refractivity contribution is -0.147. The first-order valence-corrected chi connectivity index (χ1v) is 5.65. The number of alkyl halides is 3. The van der Waals surface area contributed by atoms with Crippen molar-refractivity contribution in [2.45, 2.75) is 18.6 Å². The molecule has 1 unspecified atom stereocenters. The van der Waals surface area contributed by atoms with E-state index in [0.29, 0.717) is 5.56 Å². The third kappa shape index (κ3) is 4.12. The van der Waals surface area contributed by atoms with Gasteiger partial charge in [0.2, 0.25) is 0 Å². The van der Waals surface area contributed by atoms with Crippen molar-refractivity contribution < 1.29 is 13.2 Å². The van der Waals surface area contributed by atoms with E-state index in [1.807, 2.05) is 0 Å². The van der Waals surface area contributed by atoms with Gasteiger partial charge in [0.1, 0.15) is 6.04 Å². The Hall–Kier alpha value is -0.0700. The highest BCUT2D eigenvalue weighted by Gasteiger charge is 2.36. The summed E-state index contributed by atoms with van der Waals surface area (Å²) >= 11 is 6.40. The van der Waals surface area contributed by atoms with Crippen molar-refractivity contribution in [3.05, 3.63) is 32.7 Å². The predicted molar refractivity (Wildman–Crippen MR) is 59.6 cm³/mol. The average Bonchev–Trinajstić information content (AvgIpc) is 1.99. The Morgan fingerprint density at radius 3 is 2.00 bits per heavy atom. The Bertz CT molecular complexity index is 331. The highest BCUT2D eigenvalue weighted by atomic mass is 79.9. The van der Waals surface area contributed by atoms with Crippen LogP contribution in [0.1, 0.15) is 5.56 Å². The number of halogens is 5. The zero-order valence-electron chi connectivity index (χ0n) is 7.48. The second kappa shape index (κ2) is 4.84. The molecule has 0 aliphatic heterocycles. The van der Waals surface area contributed by atoms with Gasteiger partial charge >= 0.3 is 6.18 Å². The number of rotatable bonds is 2. The molecule has 0 bridgehead atoms. The van der Waals surface area contributed by atoms with Gasteiger partial charge in [-0.25, -0.2) is 0 Å². The van der Waals surface area contributed by atoms with E-state index in [0.717, 1.165) is 8.95 Å². The minimum Gasteiger partial charge on any atom is -0.320 e. The van der Waals surface area contributed by atoms with Crippen molar-refractivity contribution >= 4 is 31.9 Å². The number of hydrogen-bond acceptors (Lipinski definition) is 1. The molecule has 0 saturated carbocycles. The predicted octanol–water partition coefficient (Wildman–Crippen LogP) is 3.64. The summed E-state index contributed by atoms with van der Waals surface area (Å²) in [6, 6.07) is 3.17. The summed E-state index contributed by atoms with van der Waals surface area (Å²) < 4.78 is 38.0. The van der Waals surface area contributed by atoms with Gasteiger partial charge in [-0.05, 0) is 30.2 Å². The summed E-state index contributed by atoms with van der Waals surface area (Å²) in [5, 5.41) is 0. The third-order valence-electron chi connectivity index (χ3n) is 1.80. The fourth-order valence-electron chi connectivity index (χ4n) is 1.10. The Morgan fingerprint density at radius 1 is 1.13 bits per heavy atom. The van der Waals surface area contributed by atoms with Crippen LogP contribution in [0.3, 0.4) is 0 Å². The van der Waals surface area contributed by atoms with Gasteiger partial charge in [0, 0.05) is 8.95 Å². The number of hydrogen-bond donors (Lipinski definition) is 1. The van der Waals surface area contributed by atoms with Crippen LogP contribution in [0.25, 0.3) is 0 Å². The van der Waals surface area contributed by atoms with Crippen LogP contribution in [0, 0.1) is 0 Å². The smallest absolute Gasteiger partial charge is 0.320 e. The van der Waals surface area contributed by atoms with Gasteiger partial charge in [0.15, 0.2) is 0 Å². The van der Waals surface area contributed by atoms with Crippen LogP contribution < -0.4 is 5.73 Å². The summed E-state index contributed by atoms with van der Waals surface area (Å²) in [4.78, 5) is 0. The Balaban J connectivity index is 2.81. The van der Waals surface area contributed by atoms with Crippen LogP contribution in [0.2, 0.25) is 0 Å². The zero-order chi connectivity index (χ0) is 11.6. The van der Waals surface area contributed by atoms with E-state index in [9.17, 15) is 13.2 Å². The third-order valence-corrected chi connectivity index (χ3v) is 2.71. The SMILES string of the molecule is NC(Cc1cc(Br)cc(Br)c1)C(F)(F)F. The van der Waals surface area contributed by atoms with Crippen LogP contribution >= 0.6 is 31.9 Å². The molecule has 0 fully saturated rings. The molecule has 0 aliphatic carbocycles. The van der Waals surface area contributed by atoms with Crippen molar-refractivity contribution in [3.8, 4) is 0 Å². The molecule has 0 radical (unpaired) electrons. The Morgan fingerprint density at radius 2 is 1.60 bits per heavy atom.